The number of para-hydroxylation sites is 2. The number of aryl methyl sites for hydroxylation is 2. The third kappa shape index (κ3) is 4.01. The van der Waals surface area contributed by atoms with Gasteiger partial charge in [0.05, 0.1) is 0 Å². The monoisotopic (exact) mass is 335 g/mol. The Balaban J connectivity index is 1.59. The van der Waals surface area contributed by atoms with E-state index in [0.29, 0.717) is 22.6 Å². The molecule has 5 heteroatoms. The smallest absolute Gasteiger partial charge is 0.331 e. The zero-order valence-electron chi connectivity index (χ0n) is 14.0. The molecule has 0 fully saturated rings. The molecule has 0 spiro atoms. The van der Waals surface area contributed by atoms with E-state index in [4.69, 9.17) is 9.15 Å². The van der Waals surface area contributed by atoms with Gasteiger partial charge in [-0.15, -0.1) is 0 Å². The maximum Gasteiger partial charge on any atom is 0.331 e. The van der Waals surface area contributed by atoms with E-state index >= 15 is 0 Å². The third-order valence-corrected chi connectivity index (χ3v) is 3.70. The van der Waals surface area contributed by atoms with E-state index in [2.05, 4.69) is 4.98 Å². The largest absolute Gasteiger partial charge is 0.454 e. The Kier molecular flexibility index (Phi) is 4.75. The standard InChI is InChI=1S/C20H17NO4/c1-13-7-8-15(14(2)11-13)17(22)12-24-20(23)10-9-19-21-16-5-3-4-6-18(16)25-19/h3-11H,12H2,1-2H3. The van der Waals surface area contributed by atoms with Gasteiger partial charge in [-0.3, -0.25) is 4.79 Å². The van der Waals surface area contributed by atoms with Gasteiger partial charge < -0.3 is 9.15 Å². The second-order valence-electron chi connectivity index (χ2n) is 5.70. The Labute approximate surface area is 144 Å². The predicted molar refractivity (Wildman–Crippen MR) is 94.2 cm³/mol. The minimum atomic E-state index is -0.625. The summed E-state index contributed by atoms with van der Waals surface area (Å²) in [6.07, 6.45) is 2.62. The summed E-state index contributed by atoms with van der Waals surface area (Å²) in [5.74, 6) is -0.555. The van der Waals surface area contributed by atoms with E-state index in [9.17, 15) is 9.59 Å². The van der Waals surface area contributed by atoms with Crippen molar-refractivity contribution in [1.82, 2.24) is 4.98 Å². The first-order valence-electron chi connectivity index (χ1n) is 7.84. The van der Waals surface area contributed by atoms with Crippen molar-refractivity contribution in [2.45, 2.75) is 13.8 Å². The number of Topliss-reactive ketones (excluding diaryl/α,β-unsaturated/α-hetero) is 1. The molecule has 0 atom stereocenters. The van der Waals surface area contributed by atoms with Gasteiger partial charge in [0.25, 0.3) is 0 Å². The van der Waals surface area contributed by atoms with Crippen molar-refractivity contribution in [2.24, 2.45) is 0 Å². The van der Waals surface area contributed by atoms with Crippen molar-refractivity contribution in [1.29, 1.82) is 0 Å². The lowest BCUT2D eigenvalue weighted by Crippen LogP contribution is -2.13. The van der Waals surface area contributed by atoms with Crippen molar-refractivity contribution in [2.75, 3.05) is 6.61 Å². The lowest BCUT2D eigenvalue weighted by atomic mass is 10.0. The fourth-order valence-corrected chi connectivity index (χ4v) is 2.49. The number of ketones is 1. The van der Waals surface area contributed by atoms with Crippen LogP contribution in [0.15, 0.2) is 53.0 Å². The topological polar surface area (TPSA) is 69.4 Å². The molecule has 0 saturated heterocycles. The number of carbonyl (C=O) groups is 2. The predicted octanol–water partition coefficient (Wildman–Crippen LogP) is 3.88. The van der Waals surface area contributed by atoms with Crippen LogP contribution in [0.3, 0.4) is 0 Å². The fraction of sp³-hybridized carbons (Fsp3) is 0.150. The number of ether oxygens (including phenoxy) is 1. The summed E-state index contributed by atoms with van der Waals surface area (Å²) < 4.78 is 10.5. The number of nitrogens with zero attached hydrogens (tertiary/aromatic N) is 1. The van der Waals surface area contributed by atoms with Crippen molar-refractivity contribution in [3.8, 4) is 0 Å². The van der Waals surface area contributed by atoms with Crippen molar-refractivity contribution >= 4 is 28.9 Å². The molecule has 0 amide bonds. The van der Waals surface area contributed by atoms with E-state index in [1.54, 1.807) is 12.1 Å². The van der Waals surface area contributed by atoms with Gasteiger partial charge in [0.2, 0.25) is 11.7 Å². The first kappa shape index (κ1) is 16.6. The molecule has 1 heterocycles. The number of carbonyl (C=O) groups excluding carboxylic acids is 2. The van der Waals surface area contributed by atoms with Gasteiger partial charge in [-0.05, 0) is 31.5 Å². The first-order chi connectivity index (χ1) is 12.0. The van der Waals surface area contributed by atoms with E-state index in [1.807, 2.05) is 44.2 Å². The van der Waals surface area contributed by atoms with E-state index in [1.165, 1.54) is 12.2 Å². The van der Waals surface area contributed by atoms with Crippen molar-refractivity contribution in [3.05, 3.63) is 71.1 Å². The minimum absolute atomic E-state index is 0.235. The molecule has 0 radical (unpaired) electrons. The lowest BCUT2D eigenvalue weighted by Gasteiger charge is -2.06. The van der Waals surface area contributed by atoms with E-state index in [0.717, 1.165) is 11.1 Å². The number of hydrogen-bond acceptors (Lipinski definition) is 5. The first-order valence-corrected chi connectivity index (χ1v) is 7.84. The van der Waals surface area contributed by atoms with Crippen LogP contribution in [0.2, 0.25) is 0 Å². The highest BCUT2D eigenvalue weighted by Gasteiger charge is 2.11. The molecule has 25 heavy (non-hydrogen) atoms. The Morgan fingerprint density at radius 3 is 2.72 bits per heavy atom. The second-order valence-corrected chi connectivity index (χ2v) is 5.70. The summed E-state index contributed by atoms with van der Waals surface area (Å²) in [4.78, 5) is 28.1. The Morgan fingerprint density at radius 1 is 1.16 bits per heavy atom. The fourth-order valence-electron chi connectivity index (χ4n) is 2.49. The molecule has 0 aliphatic carbocycles. The number of fused-ring (bicyclic) bond motifs is 1. The number of hydrogen-bond donors (Lipinski definition) is 0. The summed E-state index contributed by atoms with van der Waals surface area (Å²) in [6, 6.07) is 12.8. The highest BCUT2D eigenvalue weighted by atomic mass is 16.5. The van der Waals surface area contributed by atoms with Crippen LogP contribution < -0.4 is 0 Å². The number of rotatable bonds is 5. The molecule has 0 aliphatic rings. The molecule has 126 valence electrons. The van der Waals surface area contributed by atoms with Gasteiger partial charge in [0.1, 0.15) is 5.52 Å². The van der Waals surface area contributed by atoms with Crippen molar-refractivity contribution in [3.63, 3.8) is 0 Å². The van der Waals surface area contributed by atoms with Gasteiger partial charge in [-0.1, -0.05) is 35.9 Å². The van der Waals surface area contributed by atoms with Gasteiger partial charge in [0.15, 0.2) is 12.2 Å². The van der Waals surface area contributed by atoms with Crippen LogP contribution in [0.5, 0.6) is 0 Å². The zero-order chi connectivity index (χ0) is 17.8. The van der Waals surface area contributed by atoms with Gasteiger partial charge in [-0.2, -0.15) is 0 Å². The molecule has 0 unspecified atom stereocenters. The van der Waals surface area contributed by atoms with Crippen LogP contribution in [-0.4, -0.2) is 23.3 Å². The molecule has 0 bridgehead atoms. The molecule has 2 aromatic carbocycles. The lowest BCUT2D eigenvalue weighted by molar-refractivity contribution is -0.136. The van der Waals surface area contributed by atoms with Crippen LogP contribution in [0, 0.1) is 13.8 Å². The zero-order valence-corrected chi connectivity index (χ0v) is 14.0. The maximum absolute atomic E-state index is 12.1. The average Bonchev–Trinajstić information content (AvgIpc) is 3.01. The molecule has 0 aliphatic heterocycles. The van der Waals surface area contributed by atoms with Crippen LogP contribution in [0.4, 0.5) is 0 Å². The highest BCUT2D eigenvalue weighted by molar-refractivity contribution is 6.00. The number of esters is 1. The number of oxazole rings is 1. The van der Waals surface area contributed by atoms with Crippen LogP contribution in [-0.2, 0) is 9.53 Å². The quantitative estimate of drug-likeness (QED) is 0.402. The number of benzene rings is 2. The number of aromatic nitrogens is 1. The summed E-state index contributed by atoms with van der Waals surface area (Å²) in [5, 5.41) is 0. The summed E-state index contributed by atoms with van der Waals surface area (Å²) in [6.45, 7) is 3.51. The van der Waals surface area contributed by atoms with Crippen LogP contribution in [0.1, 0.15) is 27.4 Å². The summed E-state index contributed by atoms with van der Waals surface area (Å²) in [7, 11) is 0. The molecule has 1 aromatic heterocycles. The molecule has 0 N–H and O–H groups in total. The molecular formula is C20H17NO4. The SMILES string of the molecule is Cc1ccc(C(=O)COC(=O)C=Cc2nc3ccccc3o2)c(C)c1. The van der Waals surface area contributed by atoms with Crippen molar-refractivity contribution < 1.29 is 18.7 Å². The van der Waals surface area contributed by atoms with Gasteiger partial charge >= 0.3 is 5.97 Å². The molecule has 5 nitrogen and oxygen atoms in total. The highest BCUT2D eigenvalue weighted by Crippen LogP contribution is 2.15. The van der Waals surface area contributed by atoms with E-state index in [-0.39, 0.29) is 12.4 Å². The van der Waals surface area contributed by atoms with Crippen LogP contribution in [0.25, 0.3) is 17.2 Å². The minimum Gasteiger partial charge on any atom is -0.454 e. The normalized spacial score (nSPS) is 11.1. The summed E-state index contributed by atoms with van der Waals surface area (Å²) >= 11 is 0. The Morgan fingerprint density at radius 2 is 1.96 bits per heavy atom. The van der Waals surface area contributed by atoms with E-state index < -0.39 is 5.97 Å². The third-order valence-electron chi connectivity index (χ3n) is 3.70. The Bertz CT molecular complexity index is 936. The molecule has 0 saturated carbocycles. The van der Waals surface area contributed by atoms with Gasteiger partial charge in [-0.25, -0.2) is 9.78 Å². The van der Waals surface area contributed by atoms with Gasteiger partial charge in [0, 0.05) is 17.7 Å². The maximum atomic E-state index is 12.1. The second kappa shape index (κ2) is 7.13. The molecular weight excluding hydrogens is 318 g/mol. The molecule has 3 rings (SSSR count). The summed E-state index contributed by atoms with van der Waals surface area (Å²) in [5.41, 5.74) is 3.85. The molecule has 3 aromatic rings. The average molecular weight is 335 g/mol. The van der Waals surface area contributed by atoms with Crippen LogP contribution >= 0.6 is 0 Å². The Hall–Kier alpha value is -3.21.